The molecule has 1 N–H and O–H groups in total. The van der Waals surface area contributed by atoms with E-state index in [1.807, 2.05) is 13.1 Å². The Bertz CT molecular complexity index is 277. The fourth-order valence-electron chi connectivity index (χ4n) is 1.77. The molecule has 0 spiro atoms. The van der Waals surface area contributed by atoms with Crippen LogP contribution in [0.15, 0.2) is 10.7 Å². The van der Waals surface area contributed by atoms with Gasteiger partial charge in [-0.05, 0) is 26.4 Å². The molecule has 1 aliphatic heterocycles. The number of nitrogens with one attached hydrogen (secondary N) is 1. The molecule has 1 aromatic rings. The highest BCUT2D eigenvalue weighted by Gasteiger charge is 2.11. The summed E-state index contributed by atoms with van der Waals surface area (Å²) >= 11 is 0. The third-order valence-corrected chi connectivity index (χ3v) is 2.68. The Balaban J connectivity index is 1.92. The van der Waals surface area contributed by atoms with Gasteiger partial charge >= 0.3 is 0 Å². The monoisotopic (exact) mass is 195 g/mol. The van der Waals surface area contributed by atoms with Gasteiger partial charge in [-0.25, -0.2) is 0 Å². The van der Waals surface area contributed by atoms with Gasteiger partial charge in [-0.1, -0.05) is 5.16 Å². The van der Waals surface area contributed by atoms with Gasteiger partial charge in [0.1, 0.15) is 5.76 Å². The van der Waals surface area contributed by atoms with Crippen LogP contribution < -0.4 is 5.32 Å². The second kappa shape index (κ2) is 4.57. The van der Waals surface area contributed by atoms with E-state index in [0.29, 0.717) is 0 Å². The van der Waals surface area contributed by atoms with Crippen LogP contribution in [-0.4, -0.2) is 36.2 Å². The predicted molar refractivity (Wildman–Crippen MR) is 54.0 cm³/mol. The van der Waals surface area contributed by atoms with Crippen molar-refractivity contribution in [3.63, 3.8) is 0 Å². The first-order chi connectivity index (χ1) is 6.86. The number of aryl methyl sites for hydroxylation is 1. The van der Waals surface area contributed by atoms with Crippen LogP contribution >= 0.6 is 0 Å². The summed E-state index contributed by atoms with van der Waals surface area (Å²) in [7, 11) is 0. The minimum atomic E-state index is 0.946. The number of hydrogen-bond donors (Lipinski definition) is 1. The lowest BCUT2D eigenvalue weighted by molar-refractivity contribution is 0.282. The molecular weight excluding hydrogens is 178 g/mol. The van der Waals surface area contributed by atoms with Crippen LogP contribution in [-0.2, 0) is 6.54 Å². The molecule has 1 fully saturated rings. The zero-order chi connectivity index (χ0) is 9.80. The Morgan fingerprint density at radius 1 is 1.50 bits per heavy atom. The van der Waals surface area contributed by atoms with E-state index in [-0.39, 0.29) is 0 Å². The van der Waals surface area contributed by atoms with E-state index in [9.17, 15) is 0 Å². The zero-order valence-electron chi connectivity index (χ0n) is 8.62. The van der Waals surface area contributed by atoms with Gasteiger partial charge in [0, 0.05) is 25.2 Å². The van der Waals surface area contributed by atoms with Crippen molar-refractivity contribution in [2.24, 2.45) is 0 Å². The fourth-order valence-corrected chi connectivity index (χ4v) is 1.77. The zero-order valence-corrected chi connectivity index (χ0v) is 8.62. The Kier molecular flexibility index (Phi) is 3.16. The molecule has 4 heteroatoms. The molecule has 4 nitrogen and oxygen atoms in total. The molecule has 78 valence electrons. The first kappa shape index (κ1) is 9.68. The third-order valence-electron chi connectivity index (χ3n) is 2.68. The summed E-state index contributed by atoms with van der Waals surface area (Å²) in [6, 6.07) is 0. The van der Waals surface area contributed by atoms with E-state index in [0.717, 1.165) is 38.5 Å². The van der Waals surface area contributed by atoms with Crippen molar-refractivity contribution in [2.75, 3.05) is 26.2 Å². The standard InChI is InChI=1S/C10H17N3O/c1-9-10(7-12-14-9)8-13-5-2-3-11-4-6-13/h7,11H,2-6,8H2,1H3. The van der Waals surface area contributed by atoms with Crippen molar-refractivity contribution >= 4 is 0 Å². The molecule has 1 aliphatic rings. The van der Waals surface area contributed by atoms with Gasteiger partial charge in [0.25, 0.3) is 0 Å². The summed E-state index contributed by atoms with van der Waals surface area (Å²) in [4.78, 5) is 2.44. The fraction of sp³-hybridized carbons (Fsp3) is 0.700. The summed E-state index contributed by atoms with van der Waals surface area (Å²) in [6.07, 6.45) is 3.05. The van der Waals surface area contributed by atoms with Crippen LogP contribution in [0.3, 0.4) is 0 Å². The van der Waals surface area contributed by atoms with Gasteiger partial charge in [0.2, 0.25) is 0 Å². The van der Waals surface area contributed by atoms with Crippen molar-refractivity contribution in [3.8, 4) is 0 Å². The van der Waals surface area contributed by atoms with Crippen molar-refractivity contribution in [1.29, 1.82) is 0 Å². The van der Waals surface area contributed by atoms with Crippen LogP contribution in [0.2, 0.25) is 0 Å². The summed E-state index contributed by atoms with van der Waals surface area (Å²) in [6.45, 7) is 7.45. The molecule has 1 saturated heterocycles. The smallest absolute Gasteiger partial charge is 0.138 e. The highest BCUT2D eigenvalue weighted by molar-refractivity contribution is 5.11. The lowest BCUT2D eigenvalue weighted by Gasteiger charge is -2.18. The second-order valence-electron chi connectivity index (χ2n) is 3.79. The van der Waals surface area contributed by atoms with Crippen LogP contribution in [0.25, 0.3) is 0 Å². The Hall–Kier alpha value is -0.870. The third kappa shape index (κ3) is 2.33. The molecule has 0 saturated carbocycles. The summed E-state index contributed by atoms with van der Waals surface area (Å²) in [5.74, 6) is 0.946. The quantitative estimate of drug-likeness (QED) is 0.757. The summed E-state index contributed by atoms with van der Waals surface area (Å²) in [5.41, 5.74) is 1.21. The molecule has 14 heavy (non-hydrogen) atoms. The summed E-state index contributed by atoms with van der Waals surface area (Å²) in [5, 5.41) is 7.18. The maximum atomic E-state index is 5.04. The predicted octanol–water partition coefficient (Wildman–Crippen LogP) is 0.778. The van der Waals surface area contributed by atoms with Gasteiger partial charge in [-0.2, -0.15) is 0 Å². The van der Waals surface area contributed by atoms with Crippen molar-refractivity contribution in [1.82, 2.24) is 15.4 Å². The molecular formula is C10H17N3O. The maximum Gasteiger partial charge on any atom is 0.138 e. The van der Waals surface area contributed by atoms with Gasteiger partial charge < -0.3 is 9.84 Å². The van der Waals surface area contributed by atoms with E-state index >= 15 is 0 Å². The van der Waals surface area contributed by atoms with Crippen LogP contribution in [0.4, 0.5) is 0 Å². The lowest BCUT2D eigenvalue weighted by atomic mass is 10.2. The van der Waals surface area contributed by atoms with E-state index < -0.39 is 0 Å². The molecule has 0 amide bonds. The molecule has 0 aromatic carbocycles. The van der Waals surface area contributed by atoms with Crippen LogP contribution in [0.5, 0.6) is 0 Å². The first-order valence-corrected chi connectivity index (χ1v) is 5.19. The average molecular weight is 195 g/mol. The minimum absolute atomic E-state index is 0.946. The second-order valence-corrected chi connectivity index (χ2v) is 3.79. The Labute approximate surface area is 84.3 Å². The maximum absolute atomic E-state index is 5.04. The Morgan fingerprint density at radius 3 is 3.21 bits per heavy atom. The topological polar surface area (TPSA) is 41.3 Å². The Morgan fingerprint density at radius 2 is 2.43 bits per heavy atom. The normalized spacial score (nSPS) is 19.5. The number of rotatable bonds is 2. The van der Waals surface area contributed by atoms with Gasteiger partial charge in [0.15, 0.2) is 0 Å². The van der Waals surface area contributed by atoms with Gasteiger partial charge in [0.05, 0.1) is 6.20 Å². The average Bonchev–Trinajstić information content (AvgIpc) is 2.44. The number of nitrogens with zero attached hydrogens (tertiary/aromatic N) is 2. The van der Waals surface area contributed by atoms with E-state index in [2.05, 4.69) is 15.4 Å². The molecule has 0 aliphatic carbocycles. The SMILES string of the molecule is Cc1oncc1CN1CCCNCC1. The van der Waals surface area contributed by atoms with Crippen molar-refractivity contribution in [3.05, 3.63) is 17.5 Å². The van der Waals surface area contributed by atoms with Crippen LogP contribution in [0, 0.1) is 6.92 Å². The number of hydrogen-bond acceptors (Lipinski definition) is 4. The van der Waals surface area contributed by atoms with Gasteiger partial charge in [-0.15, -0.1) is 0 Å². The molecule has 0 atom stereocenters. The summed E-state index contributed by atoms with van der Waals surface area (Å²) < 4.78 is 5.04. The number of aromatic nitrogens is 1. The largest absolute Gasteiger partial charge is 0.361 e. The van der Waals surface area contributed by atoms with Crippen molar-refractivity contribution in [2.45, 2.75) is 19.9 Å². The highest BCUT2D eigenvalue weighted by atomic mass is 16.5. The molecule has 1 aromatic heterocycles. The van der Waals surface area contributed by atoms with E-state index in [4.69, 9.17) is 4.52 Å². The molecule has 0 unspecified atom stereocenters. The van der Waals surface area contributed by atoms with Gasteiger partial charge in [-0.3, -0.25) is 4.90 Å². The molecule has 0 radical (unpaired) electrons. The van der Waals surface area contributed by atoms with Crippen LogP contribution in [0.1, 0.15) is 17.7 Å². The van der Waals surface area contributed by atoms with E-state index in [1.165, 1.54) is 12.0 Å². The van der Waals surface area contributed by atoms with Crippen molar-refractivity contribution < 1.29 is 4.52 Å². The molecule has 2 heterocycles. The lowest BCUT2D eigenvalue weighted by Crippen LogP contribution is -2.27. The first-order valence-electron chi connectivity index (χ1n) is 5.19. The molecule has 0 bridgehead atoms. The molecule has 2 rings (SSSR count). The van der Waals surface area contributed by atoms with E-state index in [1.54, 1.807) is 0 Å². The minimum Gasteiger partial charge on any atom is -0.361 e. The highest BCUT2D eigenvalue weighted by Crippen LogP contribution is 2.10.